The zero-order valence-electron chi connectivity index (χ0n) is 8.59. The number of benzene rings is 1. The van der Waals surface area contributed by atoms with Gasteiger partial charge in [0.25, 0.3) is 0 Å². The lowest BCUT2D eigenvalue weighted by Gasteiger charge is -2.32. The van der Waals surface area contributed by atoms with E-state index in [1.807, 2.05) is 0 Å². The average Bonchev–Trinajstić information content (AvgIpc) is 2.18. The van der Waals surface area contributed by atoms with Crippen molar-refractivity contribution in [1.82, 2.24) is 0 Å². The number of nitrogens with zero attached hydrogens (tertiary/aromatic N) is 1. The standard InChI is InChI=1S/C11H11N3O/c1-11(2)10(15)13-8-4-3-7(6-12)5-9(8)14-11/h3-5,14H,1-2H3,(H,13,15). The van der Waals surface area contributed by atoms with Crippen LogP contribution < -0.4 is 10.6 Å². The zero-order valence-corrected chi connectivity index (χ0v) is 8.59. The van der Waals surface area contributed by atoms with Crippen LogP contribution in [0.1, 0.15) is 19.4 Å². The van der Waals surface area contributed by atoms with Crippen LogP contribution in [0.15, 0.2) is 18.2 Å². The van der Waals surface area contributed by atoms with Crippen LogP contribution in [0.3, 0.4) is 0 Å². The van der Waals surface area contributed by atoms with Crippen molar-refractivity contribution < 1.29 is 4.79 Å². The Morgan fingerprint density at radius 3 is 2.73 bits per heavy atom. The third-order valence-electron chi connectivity index (χ3n) is 2.41. The summed E-state index contributed by atoms with van der Waals surface area (Å²) >= 11 is 0. The summed E-state index contributed by atoms with van der Waals surface area (Å²) in [6.07, 6.45) is 0. The second-order valence-electron chi connectivity index (χ2n) is 4.08. The Kier molecular flexibility index (Phi) is 1.90. The summed E-state index contributed by atoms with van der Waals surface area (Å²) in [6.45, 7) is 3.59. The predicted octanol–water partition coefficient (Wildman–Crippen LogP) is 1.70. The molecule has 1 aliphatic heterocycles. The quantitative estimate of drug-likeness (QED) is 0.671. The minimum Gasteiger partial charge on any atom is -0.370 e. The molecule has 1 aromatic carbocycles. The highest BCUT2D eigenvalue weighted by Gasteiger charge is 2.32. The van der Waals surface area contributed by atoms with Crippen LogP contribution in [0.25, 0.3) is 0 Å². The molecule has 1 heterocycles. The van der Waals surface area contributed by atoms with Gasteiger partial charge in [0.05, 0.1) is 23.0 Å². The molecule has 1 aliphatic rings. The van der Waals surface area contributed by atoms with Gasteiger partial charge in [0.1, 0.15) is 5.54 Å². The molecule has 0 bridgehead atoms. The molecule has 0 aromatic heterocycles. The van der Waals surface area contributed by atoms with Gasteiger partial charge in [-0.1, -0.05) is 0 Å². The number of rotatable bonds is 0. The van der Waals surface area contributed by atoms with Crippen molar-refractivity contribution in [3.63, 3.8) is 0 Å². The Bertz CT molecular complexity index is 471. The smallest absolute Gasteiger partial charge is 0.249 e. The SMILES string of the molecule is CC1(C)Nc2cc(C#N)ccc2NC1=O. The van der Waals surface area contributed by atoms with Crippen molar-refractivity contribution in [2.75, 3.05) is 10.6 Å². The topological polar surface area (TPSA) is 64.9 Å². The van der Waals surface area contributed by atoms with Crippen molar-refractivity contribution >= 4 is 17.3 Å². The molecule has 0 atom stereocenters. The number of anilines is 2. The van der Waals surface area contributed by atoms with Gasteiger partial charge in [-0.3, -0.25) is 4.79 Å². The van der Waals surface area contributed by atoms with E-state index in [2.05, 4.69) is 16.7 Å². The lowest BCUT2D eigenvalue weighted by molar-refractivity contribution is -0.119. The van der Waals surface area contributed by atoms with Crippen LogP contribution in [0, 0.1) is 11.3 Å². The van der Waals surface area contributed by atoms with E-state index >= 15 is 0 Å². The van der Waals surface area contributed by atoms with Gasteiger partial charge in [0.15, 0.2) is 0 Å². The molecule has 1 amide bonds. The molecule has 2 N–H and O–H groups in total. The largest absolute Gasteiger partial charge is 0.370 e. The maximum absolute atomic E-state index is 11.6. The molecule has 0 unspecified atom stereocenters. The van der Waals surface area contributed by atoms with Crippen LogP contribution in [-0.4, -0.2) is 11.4 Å². The van der Waals surface area contributed by atoms with Gasteiger partial charge in [-0.15, -0.1) is 0 Å². The van der Waals surface area contributed by atoms with Crippen molar-refractivity contribution in [3.05, 3.63) is 23.8 Å². The highest BCUT2D eigenvalue weighted by Crippen LogP contribution is 2.31. The van der Waals surface area contributed by atoms with Crippen LogP contribution in [0.4, 0.5) is 11.4 Å². The Hall–Kier alpha value is -2.02. The third kappa shape index (κ3) is 1.52. The maximum atomic E-state index is 11.6. The van der Waals surface area contributed by atoms with Crippen molar-refractivity contribution in [2.45, 2.75) is 19.4 Å². The number of hydrogen-bond acceptors (Lipinski definition) is 3. The highest BCUT2D eigenvalue weighted by atomic mass is 16.2. The molecule has 0 fully saturated rings. The number of carbonyl (C=O) groups is 1. The van der Waals surface area contributed by atoms with E-state index in [1.165, 1.54) is 0 Å². The van der Waals surface area contributed by atoms with Gasteiger partial charge in [0.2, 0.25) is 5.91 Å². The lowest BCUT2D eigenvalue weighted by Crippen LogP contribution is -2.47. The van der Waals surface area contributed by atoms with Gasteiger partial charge in [-0.2, -0.15) is 5.26 Å². The molecule has 76 valence electrons. The first-order valence-electron chi connectivity index (χ1n) is 4.67. The third-order valence-corrected chi connectivity index (χ3v) is 2.41. The van der Waals surface area contributed by atoms with Gasteiger partial charge >= 0.3 is 0 Å². The Morgan fingerprint density at radius 2 is 2.07 bits per heavy atom. The van der Waals surface area contributed by atoms with Gasteiger partial charge in [-0.05, 0) is 32.0 Å². The fourth-order valence-corrected chi connectivity index (χ4v) is 1.50. The first-order chi connectivity index (χ1) is 7.03. The van der Waals surface area contributed by atoms with Gasteiger partial charge < -0.3 is 10.6 Å². The number of fused-ring (bicyclic) bond motifs is 1. The normalized spacial score (nSPS) is 17.0. The van der Waals surface area contributed by atoms with E-state index < -0.39 is 5.54 Å². The van der Waals surface area contributed by atoms with Crippen LogP contribution in [-0.2, 0) is 4.79 Å². The Labute approximate surface area is 87.9 Å². The molecule has 2 rings (SSSR count). The second-order valence-corrected chi connectivity index (χ2v) is 4.08. The number of hydrogen-bond donors (Lipinski definition) is 2. The fourth-order valence-electron chi connectivity index (χ4n) is 1.50. The summed E-state index contributed by atoms with van der Waals surface area (Å²) in [4.78, 5) is 11.6. The summed E-state index contributed by atoms with van der Waals surface area (Å²) in [5.74, 6) is -0.0697. The number of amides is 1. The van der Waals surface area contributed by atoms with Crippen LogP contribution in [0.2, 0.25) is 0 Å². The van der Waals surface area contributed by atoms with E-state index in [-0.39, 0.29) is 5.91 Å². The highest BCUT2D eigenvalue weighted by molar-refractivity contribution is 6.05. The molecule has 1 aromatic rings. The van der Waals surface area contributed by atoms with Crippen LogP contribution in [0.5, 0.6) is 0 Å². The van der Waals surface area contributed by atoms with Crippen molar-refractivity contribution in [2.24, 2.45) is 0 Å². The molecule has 4 heteroatoms. The number of nitrogens with one attached hydrogen (secondary N) is 2. The monoisotopic (exact) mass is 201 g/mol. The van der Waals surface area contributed by atoms with Crippen molar-refractivity contribution in [1.29, 1.82) is 5.26 Å². The Balaban J connectivity index is 2.47. The molecule has 4 nitrogen and oxygen atoms in total. The van der Waals surface area contributed by atoms with E-state index in [0.29, 0.717) is 5.56 Å². The minimum atomic E-state index is -0.638. The molecule has 0 saturated heterocycles. The van der Waals surface area contributed by atoms with E-state index in [9.17, 15) is 4.79 Å². The fraction of sp³-hybridized carbons (Fsp3) is 0.273. The van der Waals surface area contributed by atoms with E-state index in [4.69, 9.17) is 5.26 Å². The molecule has 0 aliphatic carbocycles. The van der Waals surface area contributed by atoms with Gasteiger partial charge in [-0.25, -0.2) is 0 Å². The average molecular weight is 201 g/mol. The van der Waals surface area contributed by atoms with E-state index in [1.54, 1.807) is 32.0 Å². The summed E-state index contributed by atoms with van der Waals surface area (Å²) in [6, 6.07) is 7.21. The maximum Gasteiger partial charge on any atom is 0.249 e. The molecule has 0 saturated carbocycles. The summed E-state index contributed by atoms with van der Waals surface area (Å²) in [5.41, 5.74) is 1.45. The molecule has 15 heavy (non-hydrogen) atoms. The second kappa shape index (κ2) is 2.99. The Morgan fingerprint density at radius 1 is 1.33 bits per heavy atom. The predicted molar refractivity (Wildman–Crippen MR) is 57.5 cm³/mol. The molecular formula is C11H11N3O. The number of nitriles is 1. The first kappa shape index (κ1) is 9.53. The zero-order chi connectivity index (χ0) is 11.1. The summed E-state index contributed by atoms with van der Waals surface area (Å²) < 4.78 is 0. The molecular weight excluding hydrogens is 190 g/mol. The number of carbonyl (C=O) groups excluding carboxylic acids is 1. The van der Waals surface area contributed by atoms with Gasteiger partial charge in [0, 0.05) is 0 Å². The minimum absolute atomic E-state index is 0.0697. The molecule has 0 spiro atoms. The first-order valence-corrected chi connectivity index (χ1v) is 4.67. The van der Waals surface area contributed by atoms with Crippen LogP contribution >= 0.6 is 0 Å². The lowest BCUT2D eigenvalue weighted by atomic mass is 9.99. The van der Waals surface area contributed by atoms with E-state index in [0.717, 1.165) is 11.4 Å². The summed E-state index contributed by atoms with van der Waals surface area (Å²) in [7, 11) is 0. The summed E-state index contributed by atoms with van der Waals surface area (Å²) in [5, 5.41) is 14.6. The van der Waals surface area contributed by atoms with Crippen molar-refractivity contribution in [3.8, 4) is 6.07 Å². The molecule has 0 radical (unpaired) electrons.